The second kappa shape index (κ2) is 10.3. The van der Waals surface area contributed by atoms with Crippen LogP contribution in [0.2, 0.25) is 0 Å². The lowest BCUT2D eigenvalue weighted by molar-refractivity contribution is -0.131. The average molecular weight is 504 g/mol. The molecule has 0 atom stereocenters. The molecule has 1 amide bonds. The summed E-state index contributed by atoms with van der Waals surface area (Å²) < 4.78 is 45.1. The minimum atomic E-state index is -3.74. The second-order valence-corrected chi connectivity index (χ2v) is 10.6. The molecule has 0 unspecified atom stereocenters. The van der Waals surface area contributed by atoms with Gasteiger partial charge in [0.25, 0.3) is 0 Å². The summed E-state index contributed by atoms with van der Waals surface area (Å²) >= 11 is 0. The summed E-state index contributed by atoms with van der Waals surface area (Å²) in [6.07, 6.45) is 1.07. The minimum Gasteiger partial charge on any atom is -0.495 e. The van der Waals surface area contributed by atoms with Crippen LogP contribution < -0.4 is 19.1 Å². The van der Waals surface area contributed by atoms with E-state index in [1.54, 1.807) is 39.5 Å². The van der Waals surface area contributed by atoms with Crippen LogP contribution in [0.5, 0.6) is 17.2 Å². The number of methoxy groups -OCH3 is 3. The van der Waals surface area contributed by atoms with Gasteiger partial charge in [-0.3, -0.25) is 4.79 Å². The Bertz CT molecular complexity index is 1190. The van der Waals surface area contributed by atoms with E-state index < -0.39 is 10.0 Å². The van der Waals surface area contributed by atoms with Gasteiger partial charge in [-0.25, -0.2) is 8.42 Å². The Hall–Kier alpha value is -2.98. The van der Waals surface area contributed by atoms with Gasteiger partial charge in [-0.15, -0.1) is 0 Å². The molecule has 2 aliphatic heterocycles. The zero-order chi connectivity index (χ0) is 25.2. The van der Waals surface area contributed by atoms with Gasteiger partial charge in [0.15, 0.2) is 11.5 Å². The van der Waals surface area contributed by atoms with E-state index in [2.05, 4.69) is 4.90 Å². The summed E-state index contributed by atoms with van der Waals surface area (Å²) in [5.74, 6) is 1.97. The van der Waals surface area contributed by atoms with Crippen LogP contribution in [-0.2, 0) is 27.8 Å². The third kappa shape index (κ3) is 4.90. The van der Waals surface area contributed by atoms with Gasteiger partial charge in [0.05, 0.1) is 31.9 Å². The Labute approximate surface area is 207 Å². The van der Waals surface area contributed by atoms with Gasteiger partial charge in [-0.1, -0.05) is 6.92 Å². The smallest absolute Gasteiger partial charge is 0.243 e. The molecule has 0 N–H and O–H groups in total. The third-order valence-electron chi connectivity index (χ3n) is 6.75. The topological polar surface area (TPSA) is 88.6 Å². The van der Waals surface area contributed by atoms with Gasteiger partial charge < -0.3 is 24.0 Å². The van der Waals surface area contributed by atoms with E-state index >= 15 is 0 Å². The van der Waals surface area contributed by atoms with Crippen molar-refractivity contribution >= 4 is 21.6 Å². The van der Waals surface area contributed by atoms with Crippen molar-refractivity contribution in [2.24, 2.45) is 0 Å². The Morgan fingerprint density at radius 2 is 1.49 bits per heavy atom. The molecule has 2 heterocycles. The summed E-state index contributed by atoms with van der Waals surface area (Å²) in [4.78, 5) is 16.2. The van der Waals surface area contributed by atoms with Gasteiger partial charge in [-0.2, -0.15) is 4.31 Å². The summed E-state index contributed by atoms with van der Waals surface area (Å²) in [5, 5.41) is 0. The van der Waals surface area contributed by atoms with Crippen LogP contribution in [0.1, 0.15) is 24.5 Å². The van der Waals surface area contributed by atoms with Crippen LogP contribution >= 0.6 is 0 Å². The number of sulfonamides is 1. The van der Waals surface area contributed by atoms with Crippen LogP contribution in [0, 0.1) is 0 Å². The summed E-state index contributed by atoms with van der Waals surface area (Å²) in [6, 6.07) is 8.77. The quantitative estimate of drug-likeness (QED) is 0.574. The Morgan fingerprint density at radius 1 is 0.857 bits per heavy atom. The standard InChI is InChI=1S/C25H33N3O6S/c1-5-25(29)27-12-10-26(11-13-27)21-16-20(6-7-22(21)32-2)35(30,31)28-9-8-18-14-23(33-3)24(34-4)15-19(18)17-28/h6-7,14-16H,5,8-13,17H2,1-4H3. The van der Waals surface area contributed by atoms with Crippen molar-refractivity contribution in [1.82, 2.24) is 9.21 Å². The predicted octanol–water partition coefficient (Wildman–Crippen LogP) is 2.52. The highest BCUT2D eigenvalue weighted by molar-refractivity contribution is 7.89. The SMILES string of the molecule is CCC(=O)N1CCN(c2cc(S(=O)(=O)N3CCc4cc(OC)c(OC)cc4C3)ccc2OC)CC1. The Balaban J connectivity index is 1.59. The summed E-state index contributed by atoms with van der Waals surface area (Å²) in [5.41, 5.74) is 2.69. The van der Waals surface area contributed by atoms with E-state index in [0.717, 1.165) is 16.8 Å². The number of piperazine rings is 1. The number of fused-ring (bicyclic) bond motifs is 1. The molecule has 0 aliphatic carbocycles. The Morgan fingerprint density at radius 3 is 2.09 bits per heavy atom. The monoisotopic (exact) mass is 503 g/mol. The number of anilines is 1. The van der Waals surface area contributed by atoms with E-state index in [-0.39, 0.29) is 17.3 Å². The number of carbonyl (C=O) groups excluding carboxylic acids is 1. The largest absolute Gasteiger partial charge is 0.495 e. The number of benzene rings is 2. The molecule has 2 aliphatic rings. The number of nitrogens with zero attached hydrogens (tertiary/aromatic N) is 3. The molecule has 190 valence electrons. The van der Waals surface area contributed by atoms with E-state index in [0.29, 0.717) is 62.8 Å². The fourth-order valence-corrected chi connectivity index (χ4v) is 6.15. The highest BCUT2D eigenvalue weighted by Gasteiger charge is 2.31. The molecule has 4 rings (SSSR count). The first-order valence-electron chi connectivity index (χ1n) is 11.8. The summed E-state index contributed by atoms with van der Waals surface area (Å²) in [6.45, 7) is 4.93. The molecule has 9 nitrogen and oxygen atoms in total. The molecular formula is C25H33N3O6S. The maximum absolute atomic E-state index is 13.6. The number of hydrogen-bond acceptors (Lipinski definition) is 7. The minimum absolute atomic E-state index is 0.132. The van der Waals surface area contributed by atoms with Crippen molar-refractivity contribution in [3.05, 3.63) is 41.5 Å². The van der Waals surface area contributed by atoms with Crippen LogP contribution in [0.25, 0.3) is 0 Å². The van der Waals surface area contributed by atoms with Gasteiger partial charge in [0.1, 0.15) is 5.75 Å². The van der Waals surface area contributed by atoms with Crippen molar-refractivity contribution in [3.63, 3.8) is 0 Å². The first-order valence-corrected chi connectivity index (χ1v) is 13.2. The van der Waals surface area contributed by atoms with Crippen molar-refractivity contribution < 1.29 is 27.4 Å². The van der Waals surface area contributed by atoms with Crippen LogP contribution in [0.3, 0.4) is 0 Å². The molecule has 0 aromatic heterocycles. The average Bonchev–Trinajstić information content (AvgIpc) is 2.91. The van der Waals surface area contributed by atoms with E-state index in [9.17, 15) is 13.2 Å². The highest BCUT2D eigenvalue weighted by Crippen LogP contribution is 2.36. The fraction of sp³-hybridized carbons (Fsp3) is 0.480. The lowest BCUT2D eigenvalue weighted by Gasteiger charge is -2.37. The van der Waals surface area contributed by atoms with Gasteiger partial charge in [0.2, 0.25) is 15.9 Å². The number of ether oxygens (including phenoxy) is 3. The van der Waals surface area contributed by atoms with Crippen molar-refractivity contribution in [2.45, 2.75) is 31.2 Å². The molecule has 0 bridgehead atoms. The molecule has 0 saturated carbocycles. The van der Waals surface area contributed by atoms with Gasteiger partial charge in [0, 0.05) is 45.7 Å². The van der Waals surface area contributed by atoms with Crippen molar-refractivity contribution in [1.29, 1.82) is 0 Å². The molecule has 2 aromatic rings. The molecule has 2 aromatic carbocycles. The Kier molecular flexibility index (Phi) is 7.42. The zero-order valence-corrected chi connectivity index (χ0v) is 21.6. The zero-order valence-electron chi connectivity index (χ0n) is 20.7. The summed E-state index contributed by atoms with van der Waals surface area (Å²) in [7, 11) is 0.994. The fourth-order valence-electron chi connectivity index (χ4n) is 4.71. The molecule has 35 heavy (non-hydrogen) atoms. The predicted molar refractivity (Wildman–Crippen MR) is 133 cm³/mol. The normalized spacial score (nSPS) is 16.6. The van der Waals surface area contributed by atoms with Crippen LogP contribution in [-0.4, -0.2) is 77.6 Å². The van der Waals surface area contributed by atoms with E-state index in [4.69, 9.17) is 14.2 Å². The lowest BCUT2D eigenvalue weighted by atomic mass is 10.0. The van der Waals surface area contributed by atoms with Crippen molar-refractivity contribution in [2.75, 3.05) is 59.0 Å². The maximum atomic E-state index is 13.6. The highest BCUT2D eigenvalue weighted by atomic mass is 32.2. The van der Waals surface area contributed by atoms with Crippen LogP contribution in [0.4, 0.5) is 5.69 Å². The van der Waals surface area contributed by atoms with Crippen molar-refractivity contribution in [3.8, 4) is 17.2 Å². The number of amides is 1. The molecule has 0 spiro atoms. The van der Waals surface area contributed by atoms with E-state index in [1.165, 1.54) is 4.31 Å². The van der Waals surface area contributed by atoms with Crippen LogP contribution in [0.15, 0.2) is 35.2 Å². The number of rotatable bonds is 7. The van der Waals surface area contributed by atoms with Gasteiger partial charge in [-0.05, 0) is 47.9 Å². The first kappa shape index (κ1) is 25.1. The van der Waals surface area contributed by atoms with Gasteiger partial charge >= 0.3 is 0 Å². The molecule has 1 fully saturated rings. The van der Waals surface area contributed by atoms with E-state index in [1.807, 2.05) is 24.0 Å². The molecule has 1 saturated heterocycles. The second-order valence-electron chi connectivity index (χ2n) is 8.62. The third-order valence-corrected chi connectivity index (χ3v) is 8.59. The number of carbonyl (C=O) groups is 1. The maximum Gasteiger partial charge on any atom is 0.243 e. The first-order chi connectivity index (χ1) is 16.8. The lowest BCUT2D eigenvalue weighted by Crippen LogP contribution is -2.48. The molecule has 0 radical (unpaired) electrons. The molecule has 10 heteroatoms. The molecular weight excluding hydrogens is 470 g/mol. The number of hydrogen-bond donors (Lipinski definition) is 0.